The van der Waals surface area contributed by atoms with Gasteiger partial charge in [0, 0.05) is 81.8 Å². The van der Waals surface area contributed by atoms with Crippen molar-refractivity contribution in [2.75, 3.05) is 53.0 Å². The first-order valence-electron chi connectivity index (χ1n) is 32.1. The van der Waals surface area contributed by atoms with Gasteiger partial charge in [0.05, 0.1) is 49.3 Å². The largest absolute Gasteiger partial charge is 0.504 e. The van der Waals surface area contributed by atoms with Crippen molar-refractivity contribution in [2.24, 2.45) is 17.4 Å². The maximum atomic E-state index is 15.1. The van der Waals surface area contributed by atoms with Crippen LogP contribution in [0.25, 0.3) is 21.1 Å². The van der Waals surface area contributed by atoms with Gasteiger partial charge in [0.1, 0.15) is 52.0 Å². The van der Waals surface area contributed by atoms with Gasteiger partial charge in [0.2, 0.25) is 41.4 Å². The summed E-state index contributed by atoms with van der Waals surface area (Å²) in [6, 6.07) is 4.49. The summed E-state index contributed by atoms with van der Waals surface area (Å²) < 4.78 is 20.4. The second kappa shape index (κ2) is 38.0. The Balaban J connectivity index is 1.17. The summed E-state index contributed by atoms with van der Waals surface area (Å²) in [5, 5.41) is 117. The van der Waals surface area contributed by atoms with Gasteiger partial charge in [0.15, 0.2) is 11.5 Å². The van der Waals surface area contributed by atoms with Crippen molar-refractivity contribution < 1.29 is 102 Å². The summed E-state index contributed by atoms with van der Waals surface area (Å²) in [5.74, 6) is -9.68. The number of nitrogens with one attached hydrogen (secondary N) is 6. The monoisotopic (exact) mass is 1410 g/mol. The van der Waals surface area contributed by atoms with Crippen LogP contribution in [-0.2, 0) is 54.1 Å². The van der Waals surface area contributed by atoms with Gasteiger partial charge < -0.3 is 103 Å². The number of hydrogen-bond donors (Lipinski definition) is 16. The van der Waals surface area contributed by atoms with E-state index in [1.165, 1.54) is 36.5 Å². The van der Waals surface area contributed by atoms with Crippen molar-refractivity contribution in [3.8, 4) is 38.4 Å². The van der Waals surface area contributed by atoms with Crippen molar-refractivity contribution in [1.82, 2.24) is 51.9 Å². The number of phenolic OH excluding ortho intramolecular Hbond substituents is 1. The molecule has 3 aromatic carbocycles. The SMILES string of the molecule is COCCCCCCCOc1ccc(-c2nnc(-c3ccc(C(=O)N[C@H]4C[C@H](O)CNC(=O)[C@@H]5[C@@H](O)[C@H](C)CN5C(=O)[C@H]([C@H](O)CCNC(=O)[C@@H](N)CCCN)NC(=O)[C@H]([C@H](O)Cc5ccc(O)c(OSOOO)c5)NC(=O)[C@@H]5C[C@H](O)CN5C(=O)[C@H]([C@H](C)O)NC4=O)cc3)s2)cc1. The Hall–Kier alpha value is -7.75. The van der Waals surface area contributed by atoms with E-state index >= 15 is 4.79 Å². The lowest BCUT2D eigenvalue weighted by atomic mass is 9.98. The number of benzene rings is 3. The van der Waals surface area contributed by atoms with E-state index in [-0.39, 0.29) is 55.3 Å². The quantitative estimate of drug-likeness (QED) is 0.0126. The summed E-state index contributed by atoms with van der Waals surface area (Å²) in [4.78, 5) is 117. The molecule has 0 spiro atoms. The number of aromatic hydroxyl groups is 1. The molecule has 3 fully saturated rings. The highest BCUT2D eigenvalue weighted by molar-refractivity contribution is 7.90. The number of carbonyl (C=O) groups is 8. The molecule has 8 amide bonds. The normalized spacial score (nSPS) is 24.2. The second-order valence-corrected chi connectivity index (χ2v) is 25.8. The Labute approximate surface area is 572 Å². The molecule has 0 saturated carbocycles. The number of aliphatic hydroxyl groups is 6. The van der Waals surface area contributed by atoms with Crippen molar-refractivity contribution >= 4 is 70.9 Å². The molecule has 33 nitrogen and oxygen atoms in total. The third-order valence-corrected chi connectivity index (χ3v) is 18.3. The third kappa shape index (κ3) is 21.6. The van der Waals surface area contributed by atoms with Gasteiger partial charge >= 0.3 is 0 Å². The molecule has 18 N–H and O–H groups in total. The van der Waals surface area contributed by atoms with Crippen LogP contribution in [0.3, 0.4) is 0 Å². The summed E-state index contributed by atoms with van der Waals surface area (Å²) in [5.41, 5.74) is 13.1. The molecule has 0 radical (unpaired) electrons. The maximum absolute atomic E-state index is 15.1. The number of rotatable bonds is 29. The molecular formula is C63H88N12O21S2. The molecule has 35 heteroatoms. The molecule has 3 aliphatic rings. The maximum Gasteiger partial charge on any atom is 0.261 e. The Morgan fingerprint density at radius 1 is 0.755 bits per heavy atom. The van der Waals surface area contributed by atoms with Gasteiger partial charge in [-0.05, 0) is 99.7 Å². The number of unbranched alkanes of at least 4 members (excludes halogenated alkanes) is 4. The van der Waals surface area contributed by atoms with E-state index in [2.05, 4.69) is 51.5 Å². The molecule has 7 rings (SSSR count). The summed E-state index contributed by atoms with van der Waals surface area (Å²) >= 11 is 1.35. The van der Waals surface area contributed by atoms with Crippen molar-refractivity contribution in [3.05, 3.63) is 77.9 Å². The van der Waals surface area contributed by atoms with Crippen LogP contribution in [-0.4, -0.2) is 240 Å². The zero-order valence-corrected chi connectivity index (χ0v) is 55.9. The van der Waals surface area contributed by atoms with Crippen molar-refractivity contribution in [2.45, 2.75) is 163 Å². The molecule has 4 heterocycles. The zero-order valence-electron chi connectivity index (χ0n) is 54.3. The molecule has 4 aromatic rings. The molecule has 0 bridgehead atoms. The molecule has 1 aromatic heterocycles. The average molecular weight is 1410 g/mol. The van der Waals surface area contributed by atoms with E-state index in [0.29, 0.717) is 34.4 Å². The Kier molecular flexibility index (Phi) is 30.1. The van der Waals surface area contributed by atoms with Crippen LogP contribution in [0.15, 0.2) is 66.7 Å². The standard InChI is InChI=1S/C63H88N12O21S2/c1-33-31-75-52(53(33)82)59(88)67-30-39(77)28-43(68-54(83)36-12-14-37(15-13-36)60-72-73-61(97-60)38-16-18-41(19-17-38)93-25-8-6-4-5-7-24-92-3)56(85)69-49(34(2)76)62(89)74-32-40(78)29-44(74)57(86)70-50(47(81)26-35-11-20-45(79)48(27-35)94-98-96-95-91)58(87)71-51(63(75)90)46(80)21-23-66-55(84)42(65)10-9-22-64/h11-20,27,33-34,39-40,42-44,46-47,49-53,76-82,91H,4-10,21-26,28-32,64-65H2,1-3H3,(H,66,84)(H,67,88)(H,68,83)(H,69,85)(H,70,86)(H,71,87)/t33-,34+,39+,40+,42+,43+,44+,46-,47-,49+,50+,51+,52+,53+/m1/s1. The van der Waals surface area contributed by atoms with Crippen LogP contribution in [0.2, 0.25) is 0 Å². The number of fused-ring (bicyclic) bond motifs is 2. The van der Waals surface area contributed by atoms with E-state index in [1.54, 1.807) is 19.2 Å². The number of phenols is 1. The van der Waals surface area contributed by atoms with E-state index in [1.807, 2.05) is 24.3 Å². The van der Waals surface area contributed by atoms with Crippen LogP contribution >= 0.6 is 23.7 Å². The van der Waals surface area contributed by atoms with E-state index in [0.717, 1.165) is 73.1 Å². The fourth-order valence-corrected chi connectivity index (χ4v) is 12.5. The van der Waals surface area contributed by atoms with Gasteiger partial charge in [0.25, 0.3) is 18.2 Å². The third-order valence-electron chi connectivity index (χ3n) is 16.9. The van der Waals surface area contributed by atoms with Crippen molar-refractivity contribution in [3.63, 3.8) is 0 Å². The Bertz CT molecular complexity index is 3300. The van der Waals surface area contributed by atoms with Crippen LogP contribution in [0.4, 0.5) is 0 Å². The van der Waals surface area contributed by atoms with Gasteiger partial charge in [-0.2, -0.15) is 0 Å². The minimum atomic E-state index is -2.18. The number of hydrogen-bond acceptors (Lipinski definition) is 27. The number of aliphatic hydroxyl groups excluding tert-OH is 6. The molecular weight excluding hydrogens is 1320 g/mol. The topological polar surface area (TPSA) is 501 Å². The molecule has 0 unspecified atom stereocenters. The van der Waals surface area contributed by atoms with E-state index in [9.17, 15) is 69.3 Å². The first-order chi connectivity index (χ1) is 46.9. The summed E-state index contributed by atoms with van der Waals surface area (Å²) in [6.07, 6.45) is -7.11. The number of β-amino-alcohol motifs (C(OH)–C–C–N with tert-alkyl or cyclic N) is 1. The minimum absolute atomic E-state index is 0.00295. The van der Waals surface area contributed by atoms with Crippen LogP contribution in [0, 0.1) is 5.92 Å². The lowest BCUT2D eigenvalue weighted by molar-refractivity contribution is -0.433. The van der Waals surface area contributed by atoms with Crippen LogP contribution in [0.5, 0.6) is 17.2 Å². The first-order valence-corrected chi connectivity index (χ1v) is 33.6. The molecule has 538 valence electrons. The average Bonchev–Trinajstić information content (AvgIpc) is 1.62. The Morgan fingerprint density at radius 2 is 1.40 bits per heavy atom. The summed E-state index contributed by atoms with van der Waals surface area (Å²) in [6.45, 7) is 2.14. The van der Waals surface area contributed by atoms with Crippen molar-refractivity contribution in [1.29, 1.82) is 0 Å². The van der Waals surface area contributed by atoms with Gasteiger partial charge in [-0.25, -0.2) is 5.26 Å². The first kappa shape index (κ1) is 77.6. The highest BCUT2D eigenvalue weighted by Gasteiger charge is 2.50. The predicted octanol–water partition coefficient (Wildman–Crippen LogP) is -1.56. The lowest BCUT2D eigenvalue weighted by Crippen LogP contribution is -2.64. The predicted molar refractivity (Wildman–Crippen MR) is 351 cm³/mol. The lowest BCUT2D eigenvalue weighted by Gasteiger charge is -2.34. The number of carbonyl (C=O) groups excluding carboxylic acids is 8. The summed E-state index contributed by atoms with van der Waals surface area (Å²) in [7, 11) is 1.69. The Morgan fingerprint density at radius 3 is 2.06 bits per heavy atom. The van der Waals surface area contributed by atoms with Gasteiger partial charge in [-0.1, -0.05) is 65.1 Å². The second-order valence-electron chi connectivity index (χ2n) is 24.3. The number of ether oxygens (including phenoxy) is 2. The molecule has 14 atom stereocenters. The van der Waals surface area contributed by atoms with E-state index in [4.69, 9.17) is 30.4 Å². The molecule has 98 heavy (non-hydrogen) atoms. The fourth-order valence-electron chi connectivity index (χ4n) is 11.4. The number of aromatic nitrogens is 2. The smallest absolute Gasteiger partial charge is 0.261 e. The van der Waals surface area contributed by atoms with E-state index < -0.39 is 177 Å². The highest BCUT2D eigenvalue weighted by atomic mass is 32.2. The zero-order chi connectivity index (χ0) is 71.2. The molecule has 3 aliphatic heterocycles. The van der Waals surface area contributed by atoms with Crippen LogP contribution in [0.1, 0.15) is 94.0 Å². The molecule has 3 saturated heterocycles. The fraction of sp³-hybridized carbons (Fsp3) is 0.556. The van der Waals surface area contributed by atoms with Gasteiger partial charge in [-0.15, -0.1) is 10.2 Å². The number of methoxy groups -OCH3 is 1. The number of amides is 8. The van der Waals surface area contributed by atoms with Gasteiger partial charge in [-0.3, -0.25) is 38.4 Å². The number of nitrogens with two attached hydrogens (primary N) is 2. The van der Waals surface area contributed by atoms with Crippen LogP contribution < -0.4 is 52.3 Å². The minimum Gasteiger partial charge on any atom is -0.504 e. The molecule has 0 aliphatic carbocycles. The highest BCUT2D eigenvalue weighted by Crippen LogP contribution is 2.33. The number of nitrogens with zero attached hydrogens (tertiary/aromatic N) is 4.